The first-order chi connectivity index (χ1) is 10.3. The van der Waals surface area contributed by atoms with E-state index >= 15 is 0 Å². The first kappa shape index (κ1) is 12.2. The van der Waals surface area contributed by atoms with E-state index in [1.807, 2.05) is 0 Å². The minimum atomic E-state index is 1.27. The fraction of sp³-hybridized carbons (Fsp3) is 0.100. The molecule has 3 aromatic carbocycles. The third kappa shape index (κ3) is 1.71. The fourth-order valence-corrected chi connectivity index (χ4v) is 3.41. The number of nitrogens with zero attached hydrogens (tertiary/aromatic N) is 1. The van der Waals surface area contributed by atoms with Crippen molar-refractivity contribution >= 4 is 21.8 Å². The summed E-state index contributed by atoms with van der Waals surface area (Å²) in [6.07, 6.45) is 0. The van der Waals surface area contributed by atoms with Gasteiger partial charge in [0.1, 0.15) is 0 Å². The molecule has 102 valence electrons. The summed E-state index contributed by atoms with van der Waals surface area (Å²) in [5, 5.41) is 2.67. The third-order valence-corrected chi connectivity index (χ3v) is 4.32. The second kappa shape index (κ2) is 4.49. The Hall–Kier alpha value is -2.54. The van der Waals surface area contributed by atoms with Crippen LogP contribution in [0.25, 0.3) is 32.9 Å². The highest BCUT2D eigenvalue weighted by molar-refractivity contribution is 6.13. The van der Waals surface area contributed by atoms with E-state index in [4.69, 9.17) is 0 Å². The maximum atomic E-state index is 2.34. The minimum Gasteiger partial charge on any atom is -0.343 e. The smallest absolute Gasteiger partial charge is 0.0568 e. The molecule has 0 atom stereocenters. The summed E-state index contributed by atoms with van der Waals surface area (Å²) in [5.74, 6) is 0. The summed E-state index contributed by atoms with van der Waals surface area (Å²) in [6.45, 7) is 2.18. The molecule has 0 bridgehead atoms. The van der Waals surface area contributed by atoms with Crippen LogP contribution in [0.15, 0.2) is 66.7 Å². The molecule has 0 amide bonds. The van der Waals surface area contributed by atoms with Gasteiger partial charge in [-0.3, -0.25) is 0 Å². The molecule has 1 heteroatoms. The summed E-state index contributed by atoms with van der Waals surface area (Å²) < 4.78 is 2.34. The Balaban J connectivity index is 2.21. The van der Waals surface area contributed by atoms with Crippen molar-refractivity contribution in [1.82, 2.24) is 4.57 Å². The molecule has 0 aliphatic carbocycles. The molecular formula is C20H17N. The van der Waals surface area contributed by atoms with Crippen molar-refractivity contribution in [2.45, 2.75) is 6.92 Å². The van der Waals surface area contributed by atoms with Crippen LogP contribution in [-0.4, -0.2) is 4.57 Å². The number of rotatable bonds is 1. The molecule has 1 aromatic heterocycles. The zero-order valence-electron chi connectivity index (χ0n) is 12.3. The highest BCUT2D eigenvalue weighted by atomic mass is 14.9. The number of aromatic nitrogens is 1. The normalized spacial score (nSPS) is 11.3. The highest BCUT2D eigenvalue weighted by Crippen LogP contribution is 2.36. The fourth-order valence-electron chi connectivity index (χ4n) is 3.41. The summed E-state index contributed by atoms with van der Waals surface area (Å²) in [6, 6.07) is 23.8. The molecule has 0 fully saturated rings. The van der Waals surface area contributed by atoms with Crippen LogP contribution in [0.1, 0.15) is 5.56 Å². The van der Waals surface area contributed by atoms with Crippen LogP contribution >= 0.6 is 0 Å². The van der Waals surface area contributed by atoms with E-state index in [-0.39, 0.29) is 0 Å². The van der Waals surface area contributed by atoms with Crippen molar-refractivity contribution in [3.8, 4) is 11.1 Å². The van der Waals surface area contributed by atoms with Crippen LogP contribution in [0.2, 0.25) is 0 Å². The van der Waals surface area contributed by atoms with E-state index in [0.29, 0.717) is 0 Å². The monoisotopic (exact) mass is 271 g/mol. The van der Waals surface area contributed by atoms with Gasteiger partial charge >= 0.3 is 0 Å². The number of para-hydroxylation sites is 2. The Morgan fingerprint density at radius 3 is 2.10 bits per heavy atom. The standard InChI is InChI=1S/C20H17N/c1-14-8-6-12-17-18-13-7-11-16(15-9-4-3-5-10-15)20(18)21(2)19(14)17/h3-13H,1-2H3. The lowest BCUT2D eigenvalue weighted by Gasteiger charge is -2.07. The molecule has 0 N–H and O–H groups in total. The summed E-state index contributed by atoms with van der Waals surface area (Å²) in [4.78, 5) is 0. The van der Waals surface area contributed by atoms with Crippen molar-refractivity contribution in [3.05, 3.63) is 72.3 Å². The highest BCUT2D eigenvalue weighted by Gasteiger charge is 2.13. The van der Waals surface area contributed by atoms with Crippen LogP contribution in [0, 0.1) is 6.92 Å². The van der Waals surface area contributed by atoms with Gasteiger partial charge in [-0.25, -0.2) is 0 Å². The van der Waals surface area contributed by atoms with E-state index in [9.17, 15) is 0 Å². The van der Waals surface area contributed by atoms with Gasteiger partial charge in [0, 0.05) is 23.4 Å². The molecule has 0 saturated carbocycles. The van der Waals surface area contributed by atoms with E-state index < -0.39 is 0 Å². The molecule has 0 aliphatic rings. The van der Waals surface area contributed by atoms with Gasteiger partial charge in [0.25, 0.3) is 0 Å². The Labute approximate surface area is 124 Å². The molecule has 4 aromatic rings. The zero-order chi connectivity index (χ0) is 14.4. The van der Waals surface area contributed by atoms with Gasteiger partial charge in [-0.2, -0.15) is 0 Å². The topological polar surface area (TPSA) is 4.93 Å². The van der Waals surface area contributed by atoms with Crippen molar-refractivity contribution in [2.75, 3.05) is 0 Å². The van der Waals surface area contributed by atoms with Crippen molar-refractivity contribution in [1.29, 1.82) is 0 Å². The molecule has 0 aliphatic heterocycles. The average Bonchev–Trinajstić information content (AvgIpc) is 2.83. The first-order valence-electron chi connectivity index (χ1n) is 7.29. The lowest BCUT2D eigenvalue weighted by Crippen LogP contribution is -1.91. The maximum Gasteiger partial charge on any atom is 0.0568 e. The lowest BCUT2D eigenvalue weighted by atomic mass is 10.0. The predicted octanol–water partition coefficient (Wildman–Crippen LogP) is 5.31. The Kier molecular flexibility index (Phi) is 2.61. The second-order valence-corrected chi connectivity index (χ2v) is 5.60. The van der Waals surface area contributed by atoms with Crippen LogP contribution in [0.3, 0.4) is 0 Å². The van der Waals surface area contributed by atoms with Gasteiger partial charge in [-0.1, -0.05) is 66.7 Å². The second-order valence-electron chi connectivity index (χ2n) is 5.60. The van der Waals surface area contributed by atoms with Crippen LogP contribution < -0.4 is 0 Å². The quantitative estimate of drug-likeness (QED) is 0.442. The summed E-state index contributed by atoms with van der Waals surface area (Å²) in [7, 11) is 2.17. The molecule has 0 spiro atoms. The minimum absolute atomic E-state index is 1.27. The number of benzene rings is 3. The van der Waals surface area contributed by atoms with Crippen molar-refractivity contribution < 1.29 is 0 Å². The molecule has 21 heavy (non-hydrogen) atoms. The van der Waals surface area contributed by atoms with Gasteiger partial charge < -0.3 is 4.57 Å². The van der Waals surface area contributed by atoms with Gasteiger partial charge in [-0.15, -0.1) is 0 Å². The zero-order valence-corrected chi connectivity index (χ0v) is 12.3. The molecule has 0 unspecified atom stereocenters. The van der Waals surface area contributed by atoms with E-state index in [0.717, 1.165) is 0 Å². The summed E-state index contributed by atoms with van der Waals surface area (Å²) in [5.41, 5.74) is 6.53. The molecule has 0 saturated heterocycles. The van der Waals surface area contributed by atoms with E-state index in [1.165, 1.54) is 38.5 Å². The van der Waals surface area contributed by atoms with Crippen LogP contribution in [0.5, 0.6) is 0 Å². The van der Waals surface area contributed by atoms with Crippen molar-refractivity contribution in [2.24, 2.45) is 7.05 Å². The number of hydrogen-bond acceptors (Lipinski definition) is 0. The SMILES string of the molecule is Cc1cccc2c3cccc(-c4ccccc4)c3n(C)c12. The number of fused-ring (bicyclic) bond motifs is 3. The van der Waals surface area contributed by atoms with Gasteiger partial charge in [0.15, 0.2) is 0 Å². The third-order valence-electron chi connectivity index (χ3n) is 4.32. The molecule has 1 heterocycles. The van der Waals surface area contributed by atoms with Gasteiger partial charge in [0.2, 0.25) is 0 Å². The van der Waals surface area contributed by atoms with Crippen LogP contribution in [-0.2, 0) is 7.05 Å². The Morgan fingerprint density at radius 2 is 1.33 bits per heavy atom. The van der Waals surface area contributed by atoms with Crippen molar-refractivity contribution in [3.63, 3.8) is 0 Å². The van der Waals surface area contributed by atoms with E-state index in [1.54, 1.807) is 0 Å². The lowest BCUT2D eigenvalue weighted by molar-refractivity contribution is 1.01. The number of hydrogen-bond donors (Lipinski definition) is 0. The first-order valence-corrected chi connectivity index (χ1v) is 7.29. The average molecular weight is 271 g/mol. The largest absolute Gasteiger partial charge is 0.343 e. The molecular weight excluding hydrogens is 254 g/mol. The number of aryl methyl sites for hydroxylation is 2. The Morgan fingerprint density at radius 1 is 0.667 bits per heavy atom. The predicted molar refractivity (Wildman–Crippen MR) is 90.6 cm³/mol. The summed E-state index contributed by atoms with van der Waals surface area (Å²) >= 11 is 0. The van der Waals surface area contributed by atoms with Gasteiger partial charge in [0.05, 0.1) is 11.0 Å². The molecule has 4 rings (SSSR count). The van der Waals surface area contributed by atoms with Crippen LogP contribution in [0.4, 0.5) is 0 Å². The maximum absolute atomic E-state index is 2.34. The molecule has 1 nitrogen and oxygen atoms in total. The Bertz CT molecular complexity index is 946. The molecule has 0 radical (unpaired) electrons. The van der Waals surface area contributed by atoms with Gasteiger partial charge in [-0.05, 0) is 18.1 Å². The van der Waals surface area contributed by atoms with E-state index in [2.05, 4.69) is 85.3 Å².